The van der Waals surface area contributed by atoms with E-state index in [0.29, 0.717) is 63.0 Å². The second-order valence-electron chi connectivity index (χ2n) is 22.0. The summed E-state index contributed by atoms with van der Waals surface area (Å²) in [5.74, 6) is -2.12. The first kappa shape index (κ1) is 55.2. The molecule has 3 N–H and O–H groups in total. The van der Waals surface area contributed by atoms with Crippen molar-refractivity contribution in [2.45, 2.75) is 114 Å². The van der Waals surface area contributed by atoms with Gasteiger partial charge in [0.25, 0.3) is 27.7 Å². The van der Waals surface area contributed by atoms with E-state index >= 15 is 0 Å². The monoisotopic (exact) mass is 1110 g/mol. The molecular formula is C56H64F3N9O10S. The summed E-state index contributed by atoms with van der Waals surface area (Å²) >= 11 is 0. The highest BCUT2D eigenvalue weighted by molar-refractivity contribution is 7.90. The molecule has 4 fully saturated rings. The highest BCUT2D eigenvalue weighted by Gasteiger charge is 2.50. The third kappa shape index (κ3) is 12.2. The summed E-state index contributed by atoms with van der Waals surface area (Å²) in [6.45, 7) is 7.56. The van der Waals surface area contributed by atoms with Gasteiger partial charge < -0.3 is 33.9 Å². The Morgan fingerprint density at radius 3 is 2.46 bits per heavy atom. The van der Waals surface area contributed by atoms with Crippen molar-refractivity contribution in [2.75, 3.05) is 51.3 Å². The zero-order chi connectivity index (χ0) is 55.8. The van der Waals surface area contributed by atoms with Crippen molar-refractivity contribution in [1.29, 1.82) is 0 Å². The van der Waals surface area contributed by atoms with Crippen LogP contribution in [0.15, 0.2) is 90.2 Å². The molecule has 1 spiro atoms. The SMILES string of the molecule is COc1nc2[nH]cc(F)c2cc1Oc1cc(N2CCC3(CC2)CC(N2CCN(Cc4ccnc(OC(F)F)c4)C[C@H]2c2ccccc2C(C)C)C3)ccc1C(=O)NS(=O)(=O)c1cnc(OCC2CCC(C)(O)CC2)c([N+](=O)[O-])c1. The number of nitrogens with zero attached hydrogens (tertiary/aromatic N) is 7. The molecule has 4 aromatic heterocycles. The zero-order valence-electron chi connectivity index (χ0n) is 44.4. The number of benzene rings is 2. The molecule has 2 aliphatic heterocycles. The molecule has 0 radical (unpaired) electrons. The largest absolute Gasteiger partial charge is 0.478 e. The normalized spacial score (nSPS) is 21.1. The molecule has 10 rings (SSSR count). The van der Waals surface area contributed by atoms with Gasteiger partial charge in [0.15, 0.2) is 5.75 Å². The van der Waals surface area contributed by atoms with Gasteiger partial charge in [-0.05, 0) is 110 Å². The van der Waals surface area contributed by atoms with Crippen molar-refractivity contribution in [1.82, 2.24) is 34.5 Å². The first-order valence-electron chi connectivity index (χ1n) is 26.6. The Morgan fingerprint density at radius 1 is 0.975 bits per heavy atom. The molecule has 19 nitrogen and oxygen atoms in total. The number of sulfonamides is 1. The molecular weight excluding hydrogens is 1050 g/mol. The summed E-state index contributed by atoms with van der Waals surface area (Å²) < 4.78 is 92.9. The van der Waals surface area contributed by atoms with Gasteiger partial charge in [-0.25, -0.2) is 27.5 Å². The van der Waals surface area contributed by atoms with Crippen LogP contribution >= 0.6 is 0 Å². The van der Waals surface area contributed by atoms with E-state index in [1.165, 1.54) is 36.6 Å². The molecule has 6 aromatic rings. The second-order valence-corrected chi connectivity index (χ2v) is 23.6. The van der Waals surface area contributed by atoms with Crippen LogP contribution in [0.2, 0.25) is 0 Å². The first-order valence-corrected chi connectivity index (χ1v) is 28.1. The molecule has 1 atom stereocenters. The number of H-pyrrole nitrogens is 1. The molecule has 420 valence electrons. The highest BCUT2D eigenvalue weighted by Crippen LogP contribution is 2.54. The number of fused-ring (bicyclic) bond motifs is 1. The molecule has 4 aliphatic rings. The van der Waals surface area contributed by atoms with Gasteiger partial charge in [0, 0.05) is 93.7 Å². The summed E-state index contributed by atoms with van der Waals surface area (Å²) in [5.41, 5.74) is 2.65. The van der Waals surface area contributed by atoms with Crippen molar-refractivity contribution >= 4 is 38.3 Å². The van der Waals surface area contributed by atoms with E-state index in [1.807, 2.05) is 10.8 Å². The van der Waals surface area contributed by atoms with Gasteiger partial charge in [-0.1, -0.05) is 38.1 Å². The quantitative estimate of drug-likeness (QED) is 0.0537. The number of carbonyl (C=O) groups is 1. The number of alkyl halides is 2. The average Bonchev–Trinajstić information content (AvgIpc) is 3.97. The molecule has 6 heterocycles. The van der Waals surface area contributed by atoms with Crippen molar-refractivity contribution in [3.05, 3.63) is 124 Å². The van der Waals surface area contributed by atoms with Crippen LogP contribution in [0.1, 0.15) is 111 Å². The van der Waals surface area contributed by atoms with Crippen LogP contribution in [0.4, 0.5) is 24.5 Å². The van der Waals surface area contributed by atoms with Gasteiger partial charge >= 0.3 is 12.3 Å². The number of aliphatic hydroxyl groups is 1. The van der Waals surface area contributed by atoms with Crippen molar-refractivity contribution < 1.29 is 55.4 Å². The van der Waals surface area contributed by atoms with E-state index in [0.717, 1.165) is 69.3 Å². The van der Waals surface area contributed by atoms with E-state index in [4.69, 9.17) is 14.2 Å². The lowest BCUT2D eigenvalue weighted by atomic mass is 9.59. The maximum atomic E-state index is 14.9. The van der Waals surface area contributed by atoms with Crippen molar-refractivity contribution in [2.24, 2.45) is 11.3 Å². The van der Waals surface area contributed by atoms with Crippen LogP contribution < -0.4 is 28.6 Å². The van der Waals surface area contributed by atoms with Crippen LogP contribution in [-0.4, -0.2) is 119 Å². The van der Waals surface area contributed by atoms with Crippen molar-refractivity contribution in [3.8, 4) is 29.1 Å². The molecule has 1 amide bonds. The number of rotatable bonds is 18. The lowest BCUT2D eigenvalue weighted by Crippen LogP contribution is -2.60. The molecule has 0 bridgehead atoms. The molecule has 2 saturated heterocycles. The Morgan fingerprint density at radius 2 is 1.73 bits per heavy atom. The number of methoxy groups -OCH3 is 1. The minimum Gasteiger partial charge on any atom is -0.478 e. The lowest BCUT2D eigenvalue weighted by Gasteiger charge is -2.58. The predicted molar refractivity (Wildman–Crippen MR) is 286 cm³/mol. The Labute approximate surface area is 455 Å². The van der Waals surface area contributed by atoms with Gasteiger partial charge in [-0.15, -0.1) is 0 Å². The Kier molecular flexibility index (Phi) is 15.8. The first-order chi connectivity index (χ1) is 37.8. The number of hydrogen-bond acceptors (Lipinski definition) is 16. The average molecular weight is 1110 g/mol. The maximum Gasteiger partial charge on any atom is 0.388 e. The summed E-state index contributed by atoms with van der Waals surface area (Å²) in [7, 11) is -3.45. The van der Waals surface area contributed by atoms with E-state index in [2.05, 4.69) is 77.5 Å². The van der Waals surface area contributed by atoms with E-state index in [1.54, 1.807) is 25.1 Å². The maximum absolute atomic E-state index is 14.9. The molecule has 23 heteroatoms. The Hall–Kier alpha value is -7.08. The van der Waals surface area contributed by atoms with Gasteiger partial charge in [-0.3, -0.25) is 24.7 Å². The van der Waals surface area contributed by atoms with E-state index in [-0.39, 0.29) is 69.7 Å². The topological polar surface area (TPSA) is 228 Å². The number of amides is 1. The molecule has 0 unspecified atom stereocenters. The number of aromatic nitrogens is 4. The predicted octanol–water partition coefficient (Wildman–Crippen LogP) is 9.67. The lowest BCUT2D eigenvalue weighted by molar-refractivity contribution is -0.386. The Bertz CT molecular complexity index is 3320. The molecule has 79 heavy (non-hydrogen) atoms. The fraction of sp³-hybridized carbons (Fsp3) is 0.464. The minimum atomic E-state index is -4.80. The fourth-order valence-corrected chi connectivity index (χ4v) is 12.8. The van der Waals surface area contributed by atoms with E-state index in [9.17, 15) is 41.6 Å². The number of hydrogen-bond donors (Lipinski definition) is 3. The van der Waals surface area contributed by atoms with Crippen LogP contribution in [0, 0.1) is 27.3 Å². The smallest absolute Gasteiger partial charge is 0.388 e. The number of ether oxygens (including phenoxy) is 4. The number of pyridine rings is 3. The van der Waals surface area contributed by atoms with Gasteiger partial charge in [0.05, 0.1) is 41.4 Å². The van der Waals surface area contributed by atoms with Crippen LogP contribution in [0.5, 0.6) is 29.1 Å². The molecule has 2 aromatic carbocycles. The third-order valence-electron chi connectivity index (χ3n) is 16.2. The van der Waals surface area contributed by atoms with Crippen molar-refractivity contribution in [3.63, 3.8) is 0 Å². The standard InChI is InChI=1S/C56H64F3N9O10S/c1-34(2)40-7-5-6-8-41(40)46-32-65(31-36-13-18-60-49(23-36)78-54(58)59)21-22-67(46)38-27-56(28-38)16-19-66(20-17-56)37-9-10-42(47(24-37)77-48-26-43-44(57)30-61-50(43)63-53(48)75-4)51(69)64-79(73,74)39-25-45(68(71)72)52(62-29-39)76-33-35-11-14-55(3,70)15-12-35/h5-10,13,18,23-26,29-30,34-35,38,46,54,70H,11-12,14-17,19-22,27-28,31-33H2,1-4H3,(H,61,63)(H,64,69)/t35?,46-,55?/m0/s1. The number of halogens is 3. The number of piperidine rings is 1. The van der Waals surface area contributed by atoms with Gasteiger partial charge in [0.1, 0.15) is 22.1 Å². The Balaban J connectivity index is 0.853. The summed E-state index contributed by atoms with van der Waals surface area (Å²) in [6.07, 6.45) is 9.63. The number of nitrogens with one attached hydrogen (secondary N) is 2. The minimum absolute atomic E-state index is 0.00511. The van der Waals surface area contributed by atoms with Crippen LogP contribution in [0.3, 0.4) is 0 Å². The summed E-state index contributed by atoms with van der Waals surface area (Å²) in [5, 5.41) is 22.6. The number of nitro groups is 1. The van der Waals surface area contributed by atoms with Gasteiger partial charge in [-0.2, -0.15) is 13.8 Å². The summed E-state index contributed by atoms with van der Waals surface area (Å²) in [6, 6.07) is 19.3. The van der Waals surface area contributed by atoms with Gasteiger partial charge in [0.2, 0.25) is 5.88 Å². The number of aromatic amines is 1. The van der Waals surface area contributed by atoms with Crippen LogP contribution in [-0.2, 0) is 16.6 Å². The number of piperazine rings is 1. The van der Waals surface area contributed by atoms with Crippen LogP contribution in [0.25, 0.3) is 11.0 Å². The second kappa shape index (κ2) is 22.6. The van der Waals surface area contributed by atoms with E-state index < -0.39 is 49.5 Å². The fourth-order valence-electron chi connectivity index (χ4n) is 11.8. The molecule has 2 saturated carbocycles. The highest BCUT2D eigenvalue weighted by atomic mass is 32.2. The zero-order valence-corrected chi connectivity index (χ0v) is 45.2. The summed E-state index contributed by atoms with van der Waals surface area (Å²) in [4.78, 5) is 47.1. The molecule has 2 aliphatic carbocycles. The number of carbonyl (C=O) groups excluding carboxylic acids is 1. The third-order valence-corrected chi connectivity index (χ3v) is 17.5. The number of anilines is 1.